The minimum atomic E-state index is -4.61. The lowest BCUT2D eigenvalue weighted by Gasteiger charge is -2.35. The highest BCUT2D eigenvalue weighted by molar-refractivity contribution is 6.42. The molecule has 0 unspecified atom stereocenters. The van der Waals surface area contributed by atoms with Crippen LogP contribution in [0.15, 0.2) is 22.6 Å². The Hall–Kier alpha value is -1.51. The summed E-state index contributed by atoms with van der Waals surface area (Å²) in [4.78, 5) is 4.09. The number of anilines is 1. The van der Waals surface area contributed by atoms with E-state index in [1.54, 1.807) is 12.1 Å². The number of hydrogen-bond donors (Lipinski definition) is 0. The number of nitrogens with zero attached hydrogens (tertiary/aromatic N) is 4. The predicted molar refractivity (Wildman–Crippen MR) is 83.3 cm³/mol. The molecule has 130 valence electrons. The lowest BCUT2D eigenvalue weighted by Crippen LogP contribution is -2.46. The van der Waals surface area contributed by atoms with Crippen molar-refractivity contribution in [3.8, 4) is 0 Å². The van der Waals surface area contributed by atoms with Gasteiger partial charge in [-0.05, 0) is 18.2 Å². The second kappa shape index (κ2) is 6.78. The molecular weight excluding hydrogens is 368 g/mol. The van der Waals surface area contributed by atoms with E-state index in [0.717, 1.165) is 5.69 Å². The summed E-state index contributed by atoms with van der Waals surface area (Å²) >= 11 is 11.9. The summed E-state index contributed by atoms with van der Waals surface area (Å²) < 4.78 is 42.0. The van der Waals surface area contributed by atoms with E-state index in [-0.39, 0.29) is 12.4 Å². The van der Waals surface area contributed by atoms with Crippen LogP contribution in [0.25, 0.3) is 0 Å². The Morgan fingerprint density at radius 2 is 1.75 bits per heavy atom. The van der Waals surface area contributed by atoms with Crippen molar-refractivity contribution in [2.75, 3.05) is 31.1 Å². The molecule has 1 aliphatic rings. The second-order valence-electron chi connectivity index (χ2n) is 5.36. The van der Waals surface area contributed by atoms with Gasteiger partial charge in [-0.2, -0.15) is 13.2 Å². The van der Waals surface area contributed by atoms with E-state index in [2.05, 4.69) is 19.5 Å². The number of rotatable bonds is 3. The number of alkyl halides is 3. The van der Waals surface area contributed by atoms with Crippen molar-refractivity contribution in [3.63, 3.8) is 0 Å². The molecule has 0 bridgehead atoms. The molecule has 24 heavy (non-hydrogen) atoms. The van der Waals surface area contributed by atoms with Gasteiger partial charge in [-0.1, -0.05) is 23.2 Å². The first-order valence-corrected chi connectivity index (χ1v) is 7.90. The number of halogens is 5. The van der Waals surface area contributed by atoms with Crippen molar-refractivity contribution >= 4 is 28.9 Å². The smallest absolute Gasteiger partial charge is 0.416 e. The van der Waals surface area contributed by atoms with E-state index in [9.17, 15) is 13.2 Å². The maximum Gasteiger partial charge on any atom is 0.470 e. The van der Waals surface area contributed by atoms with Crippen molar-refractivity contribution in [2.24, 2.45) is 0 Å². The summed E-state index contributed by atoms with van der Waals surface area (Å²) in [5.74, 6) is -1.35. The predicted octanol–water partition coefficient (Wildman–Crippen LogP) is 3.72. The van der Waals surface area contributed by atoms with Crippen molar-refractivity contribution in [1.82, 2.24) is 15.1 Å². The second-order valence-corrected chi connectivity index (χ2v) is 6.17. The Bertz CT molecular complexity index is 714. The third kappa shape index (κ3) is 3.93. The van der Waals surface area contributed by atoms with Crippen LogP contribution in [0.5, 0.6) is 0 Å². The van der Waals surface area contributed by atoms with E-state index >= 15 is 0 Å². The number of piperazine rings is 1. The SMILES string of the molecule is FC(F)(F)c1nnc(CN2CCN(c3ccc(Cl)c(Cl)c3)CC2)o1. The molecule has 0 aliphatic carbocycles. The monoisotopic (exact) mass is 380 g/mol. The van der Waals surface area contributed by atoms with Crippen LogP contribution in [0.2, 0.25) is 10.0 Å². The van der Waals surface area contributed by atoms with Crippen LogP contribution < -0.4 is 4.90 Å². The zero-order valence-electron chi connectivity index (χ0n) is 12.4. The van der Waals surface area contributed by atoms with Crippen molar-refractivity contribution in [3.05, 3.63) is 40.0 Å². The normalized spacial score (nSPS) is 16.6. The largest absolute Gasteiger partial charge is 0.470 e. The number of benzene rings is 1. The Balaban J connectivity index is 1.57. The highest BCUT2D eigenvalue weighted by Crippen LogP contribution is 2.29. The first-order chi connectivity index (χ1) is 11.3. The molecular formula is C14H13Cl2F3N4O. The first kappa shape index (κ1) is 17.3. The molecule has 2 aromatic rings. The third-order valence-corrected chi connectivity index (χ3v) is 4.45. The van der Waals surface area contributed by atoms with Crippen molar-refractivity contribution in [1.29, 1.82) is 0 Å². The average Bonchev–Trinajstić information content (AvgIpc) is 3.00. The lowest BCUT2D eigenvalue weighted by atomic mass is 10.2. The van der Waals surface area contributed by atoms with Crippen LogP contribution in [0.1, 0.15) is 11.8 Å². The van der Waals surface area contributed by atoms with Gasteiger partial charge in [0.1, 0.15) is 0 Å². The fourth-order valence-electron chi connectivity index (χ4n) is 2.47. The molecule has 1 aromatic carbocycles. The van der Waals surface area contributed by atoms with Gasteiger partial charge in [-0.25, -0.2) is 0 Å². The molecule has 0 atom stereocenters. The van der Waals surface area contributed by atoms with Gasteiger partial charge in [0.15, 0.2) is 0 Å². The van der Waals surface area contributed by atoms with E-state index in [1.165, 1.54) is 0 Å². The Kier molecular flexibility index (Phi) is 4.89. The van der Waals surface area contributed by atoms with Gasteiger partial charge in [0, 0.05) is 31.9 Å². The van der Waals surface area contributed by atoms with E-state index in [0.29, 0.717) is 36.2 Å². The summed E-state index contributed by atoms with van der Waals surface area (Å²) in [7, 11) is 0. The van der Waals surface area contributed by atoms with E-state index in [1.807, 2.05) is 11.0 Å². The molecule has 1 aromatic heterocycles. The van der Waals surface area contributed by atoms with Crippen molar-refractivity contribution < 1.29 is 17.6 Å². The summed E-state index contributed by atoms with van der Waals surface area (Å²) in [5.41, 5.74) is 0.959. The van der Waals surface area contributed by atoms with Gasteiger partial charge < -0.3 is 9.32 Å². The van der Waals surface area contributed by atoms with Crippen LogP contribution >= 0.6 is 23.2 Å². The first-order valence-electron chi connectivity index (χ1n) is 7.15. The average molecular weight is 381 g/mol. The summed E-state index contributed by atoms with van der Waals surface area (Å²) in [6.45, 7) is 2.92. The molecule has 1 fully saturated rings. The molecule has 5 nitrogen and oxygen atoms in total. The molecule has 1 aliphatic heterocycles. The van der Waals surface area contributed by atoms with E-state index in [4.69, 9.17) is 23.2 Å². The van der Waals surface area contributed by atoms with Gasteiger partial charge in [-0.3, -0.25) is 4.90 Å². The van der Waals surface area contributed by atoms with Gasteiger partial charge >= 0.3 is 12.1 Å². The molecule has 0 radical (unpaired) electrons. The molecule has 0 spiro atoms. The Labute approximate surface area is 145 Å². The van der Waals surface area contributed by atoms with Crippen LogP contribution in [0, 0.1) is 0 Å². The molecule has 10 heteroatoms. The molecule has 0 saturated carbocycles. The molecule has 1 saturated heterocycles. The quantitative estimate of drug-likeness (QED) is 0.811. The number of hydrogen-bond acceptors (Lipinski definition) is 5. The fraction of sp³-hybridized carbons (Fsp3) is 0.429. The fourth-order valence-corrected chi connectivity index (χ4v) is 2.76. The highest BCUT2D eigenvalue weighted by Gasteiger charge is 2.38. The topological polar surface area (TPSA) is 45.4 Å². The van der Waals surface area contributed by atoms with E-state index < -0.39 is 12.1 Å². The summed E-state index contributed by atoms with van der Waals surface area (Å²) in [6, 6.07) is 5.42. The maximum absolute atomic E-state index is 12.4. The van der Waals surface area contributed by atoms with Crippen LogP contribution in [-0.2, 0) is 12.7 Å². The lowest BCUT2D eigenvalue weighted by molar-refractivity contribution is -0.157. The minimum absolute atomic E-state index is 0.0367. The molecule has 0 N–H and O–H groups in total. The number of aromatic nitrogens is 2. The maximum atomic E-state index is 12.4. The van der Waals surface area contributed by atoms with Gasteiger partial charge in [0.25, 0.3) is 0 Å². The Morgan fingerprint density at radius 1 is 1.04 bits per heavy atom. The summed E-state index contributed by atoms with van der Waals surface area (Å²) in [5, 5.41) is 7.46. The van der Waals surface area contributed by atoms with Crippen LogP contribution in [-0.4, -0.2) is 41.3 Å². The minimum Gasteiger partial charge on any atom is -0.416 e. The third-order valence-electron chi connectivity index (χ3n) is 3.71. The van der Waals surface area contributed by atoms with Gasteiger partial charge in [0.05, 0.1) is 16.6 Å². The molecule has 2 heterocycles. The van der Waals surface area contributed by atoms with Crippen LogP contribution in [0.4, 0.5) is 18.9 Å². The highest BCUT2D eigenvalue weighted by atomic mass is 35.5. The van der Waals surface area contributed by atoms with Gasteiger partial charge in [-0.15, -0.1) is 10.2 Å². The molecule has 0 amide bonds. The zero-order chi connectivity index (χ0) is 17.3. The van der Waals surface area contributed by atoms with Gasteiger partial charge in [0.2, 0.25) is 5.89 Å². The Morgan fingerprint density at radius 3 is 2.33 bits per heavy atom. The standard InChI is InChI=1S/C14H13Cl2F3N4O/c15-10-2-1-9(7-11(10)16)23-5-3-22(4-6-23)8-12-20-21-13(24-12)14(17,18)19/h1-2,7H,3-6,8H2. The summed E-state index contributed by atoms with van der Waals surface area (Å²) in [6.07, 6.45) is -4.61. The zero-order valence-corrected chi connectivity index (χ0v) is 13.9. The molecule has 3 rings (SSSR count). The van der Waals surface area contributed by atoms with Crippen molar-refractivity contribution in [2.45, 2.75) is 12.7 Å². The van der Waals surface area contributed by atoms with Crippen LogP contribution in [0.3, 0.4) is 0 Å².